The van der Waals surface area contributed by atoms with Crippen molar-refractivity contribution in [1.82, 2.24) is 4.98 Å². The summed E-state index contributed by atoms with van der Waals surface area (Å²) in [7, 11) is 0. The first-order chi connectivity index (χ1) is 12.7. The maximum Gasteiger partial charge on any atom is 0.303 e. The van der Waals surface area contributed by atoms with Gasteiger partial charge in [-0.05, 0) is 60.6 Å². The lowest BCUT2D eigenvalue weighted by Gasteiger charge is -2.24. The molecule has 0 radical (unpaired) electrons. The van der Waals surface area contributed by atoms with Crippen LogP contribution in [0.2, 0.25) is 0 Å². The van der Waals surface area contributed by atoms with Crippen LogP contribution in [0.5, 0.6) is 5.75 Å². The van der Waals surface area contributed by atoms with Crippen LogP contribution in [0, 0.1) is 0 Å². The van der Waals surface area contributed by atoms with Gasteiger partial charge in [-0.25, -0.2) is 4.98 Å². The Morgan fingerprint density at radius 3 is 2.92 bits per heavy atom. The molecule has 3 aromatic rings. The summed E-state index contributed by atoms with van der Waals surface area (Å²) in [6.07, 6.45) is 3.16. The van der Waals surface area contributed by atoms with Gasteiger partial charge in [0.1, 0.15) is 12.4 Å². The van der Waals surface area contributed by atoms with Crippen LogP contribution in [-0.4, -0.2) is 16.1 Å². The quantitative estimate of drug-likeness (QED) is 0.726. The number of fused-ring (bicyclic) bond motifs is 2. The van der Waals surface area contributed by atoms with E-state index in [0.717, 1.165) is 47.2 Å². The molecule has 4 nitrogen and oxygen atoms in total. The van der Waals surface area contributed by atoms with Gasteiger partial charge in [-0.3, -0.25) is 4.79 Å². The number of aliphatic carboxylic acids is 1. The molecule has 0 amide bonds. The lowest BCUT2D eigenvalue weighted by Crippen LogP contribution is -2.13. The molecule has 4 heteroatoms. The van der Waals surface area contributed by atoms with Crippen LogP contribution in [0.4, 0.5) is 0 Å². The van der Waals surface area contributed by atoms with Crippen LogP contribution < -0.4 is 4.74 Å². The lowest BCUT2D eigenvalue weighted by molar-refractivity contribution is -0.137. The van der Waals surface area contributed by atoms with Gasteiger partial charge in [-0.15, -0.1) is 0 Å². The molecule has 1 aromatic heterocycles. The smallest absolute Gasteiger partial charge is 0.303 e. The van der Waals surface area contributed by atoms with Gasteiger partial charge >= 0.3 is 5.97 Å². The average Bonchev–Trinajstić information content (AvgIpc) is 2.66. The second-order valence-electron chi connectivity index (χ2n) is 6.83. The highest BCUT2D eigenvalue weighted by molar-refractivity contribution is 5.78. The van der Waals surface area contributed by atoms with Crippen LogP contribution in [-0.2, 0) is 17.8 Å². The van der Waals surface area contributed by atoms with Crippen LogP contribution in [0.3, 0.4) is 0 Å². The second-order valence-corrected chi connectivity index (χ2v) is 6.83. The zero-order valence-electron chi connectivity index (χ0n) is 14.5. The number of carboxylic acids is 1. The molecule has 1 heterocycles. The van der Waals surface area contributed by atoms with Crippen molar-refractivity contribution in [2.24, 2.45) is 0 Å². The van der Waals surface area contributed by atoms with Crippen LogP contribution in [0.15, 0.2) is 54.6 Å². The van der Waals surface area contributed by atoms with Gasteiger partial charge in [0.05, 0.1) is 17.6 Å². The Kier molecular flexibility index (Phi) is 4.57. The van der Waals surface area contributed by atoms with E-state index in [-0.39, 0.29) is 12.3 Å². The minimum Gasteiger partial charge on any atom is -0.487 e. The van der Waals surface area contributed by atoms with E-state index in [1.807, 2.05) is 42.5 Å². The highest BCUT2D eigenvalue weighted by Gasteiger charge is 2.22. The lowest BCUT2D eigenvalue weighted by atomic mass is 9.81. The second kappa shape index (κ2) is 7.16. The van der Waals surface area contributed by atoms with Gasteiger partial charge in [0.15, 0.2) is 0 Å². The third kappa shape index (κ3) is 3.54. The number of carboxylic acid groups (broad SMARTS) is 1. The Labute approximate surface area is 152 Å². The van der Waals surface area contributed by atoms with E-state index in [2.05, 4.69) is 17.1 Å². The molecule has 0 spiro atoms. The van der Waals surface area contributed by atoms with Crippen molar-refractivity contribution < 1.29 is 14.6 Å². The Bertz CT molecular complexity index is 951. The van der Waals surface area contributed by atoms with E-state index >= 15 is 0 Å². The third-order valence-electron chi connectivity index (χ3n) is 5.02. The maximum atomic E-state index is 11.1. The third-order valence-corrected chi connectivity index (χ3v) is 5.02. The number of para-hydroxylation sites is 1. The van der Waals surface area contributed by atoms with E-state index in [4.69, 9.17) is 9.84 Å². The number of aromatic nitrogens is 1. The first-order valence-electron chi connectivity index (χ1n) is 9.01. The molecule has 0 fully saturated rings. The van der Waals surface area contributed by atoms with Gasteiger partial charge in [0.2, 0.25) is 0 Å². The molecular formula is C22H21NO3. The number of ether oxygens (including phenoxy) is 1. The van der Waals surface area contributed by atoms with Gasteiger partial charge < -0.3 is 9.84 Å². The van der Waals surface area contributed by atoms with Crippen molar-refractivity contribution in [2.75, 3.05) is 0 Å². The number of hydrogen-bond donors (Lipinski definition) is 1. The van der Waals surface area contributed by atoms with Crippen molar-refractivity contribution in [3.8, 4) is 5.75 Å². The predicted octanol–water partition coefficient (Wildman–Crippen LogP) is 4.71. The van der Waals surface area contributed by atoms with E-state index in [9.17, 15) is 4.79 Å². The largest absolute Gasteiger partial charge is 0.487 e. The van der Waals surface area contributed by atoms with Gasteiger partial charge in [-0.1, -0.05) is 30.3 Å². The summed E-state index contributed by atoms with van der Waals surface area (Å²) in [6.45, 7) is 0.419. The SMILES string of the molecule is O=C(O)CC1CCCc2cc(OCc3ccc4ccccc4n3)ccc21. The molecule has 26 heavy (non-hydrogen) atoms. The molecule has 2 aromatic carbocycles. The number of aryl methyl sites for hydroxylation is 1. The molecule has 0 aliphatic heterocycles. The molecule has 0 saturated carbocycles. The maximum absolute atomic E-state index is 11.1. The molecule has 0 saturated heterocycles. The minimum absolute atomic E-state index is 0.118. The number of carbonyl (C=O) groups is 1. The fourth-order valence-corrected chi connectivity index (χ4v) is 3.75. The topological polar surface area (TPSA) is 59.4 Å². The molecule has 1 aliphatic carbocycles. The normalized spacial score (nSPS) is 16.2. The van der Waals surface area contributed by atoms with Crippen molar-refractivity contribution >= 4 is 16.9 Å². The number of hydrogen-bond acceptors (Lipinski definition) is 3. The number of benzene rings is 2. The fraction of sp³-hybridized carbons (Fsp3) is 0.273. The van der Waals surface area contributed by atoms with E-state index in [0.29, 0.717) is 6.61 Å². The highest BCUT2D eigenvalue weighted by Crippen LogP contribution is 2.35. The van der Waals surface area contributed by atoms with E-state index in [1.165, 1.54) is 5.56 Å². The molecule has 1 N–H and O–H groups in total. The highest BCUT2D eigenvalue weighted by atomic mass is 16.5. The summed E-state index contributed by atoms with van der Waals surface area (Å²) < 4.78 is 5.94. The fourth-order valence-electron chi connectivity index (χ4n) is 3.75. The molecule has 1 aliphatic rings. The zero-order valence-corrected chi connectivity index (χ0v) is 14.5. The molecule has 0 bridgehead atoms. The van der Waals surface area contributed by atoms with Gasteiger partial charge in [0, 0.05) is 5.39 Å². The number of rotatable bonds is 5. The van der Waals surface area contributed by atoms with Crippen molar-refractivity contribution in [3.05, 3.63) is 71.4 Å². The molecule has 1 atom stereocenters. The number of nitrogens with zero attached hydrogens (tertiary/aromatic N) is 1. The Hall–Kier alpha value is -2.88. The summed E-state index contributed by atoms with van der Waals surface area (Å²) in [5, 5.41) is 10.2. The number of pyridine rings is 1. The first-order valence-corrected chi connectivity index (χ1v) is 9.01. The Morgan fingerprint density at radius 1 is 1.15 bits per heavy atom. The van der Waals surface area contributed by atoms with E-state index < -0.39 is 5.97 Å². The molecule has 4 rings (SSSR count). The van der Waals surface area contributed by atoms with Gasteiger partial charge in [-0.2, -0.15) is 0 Å². The van der Waals surface area contributed by atoms with Gasteiger partial charge in [0.25, 0.3) is 0 Å². The molecule has 132 valence electrons. The summed E-state index contributed by atoms with van der Waals surface area (Å²) >= 11 is 0. The Balaban J connectivity index is 1.49. The van der Waals surface area contributed by atoms with Crippen molar-refractivity contribution in [3.63, 3.8) is 0 Å². The standard InChI is InChI=1S/C22H21NO3/c24-22(25)13-17-6-3-5-16-12-19(10-11-20(16)17)26-14-18-9-8-15-4-1-2-7-21(15)23-18/h1-2,4,7-12,17H,3,5-6,13-14H2,(H,24,25). The summed E-state index contributed by atoms with van der Waals surface area (Å²) in [5.41, 5.74) is 4.24. The van der Waals surface area contributed by atoms with Crippen LogP contribution in [0.1, 0.15) is 42.0 Å². The monoisotopic (exact) mass is 347 g/mol. The minimum atomic E-state index is -0.731. The van der Waals surface area contributed by atoms with E-state index in [1.54, 1.807) is 0 Å². The summed E-state index contributed by atoms with van der Waals surface area (Å²) in [6, 6.07) is 18.1. The molecular weight excluding hydrogens is 326 g/mol. The van der Waals surface area contributed by atoms with Crippen molar-refractivity contribution in [2.45, 2.75) is 38.2 Å². The zero-order chi connectivity index (χ0) is 17.9. The first kappa shape index (κ1) is 16.6. The average molecular weight is 347 g/mol. The Morgan fingerprint density at radius 2 is 2.04 bits per heavy atom. The predicted molar refractivity (Wildman–Crippen MR) is 100 cm³/mol. The summed E-state index contributed by atoms with van der Waals surface area (Å²) in [4.78, 5) is 15.7. The van der Waals surface area contributed by atoms with Crippen LogP contribution in [0.25, 0.3) is 10.9 Å². The van der Waals surface area contributed by atoms with Crippen molar-refractivity contribution in [1.29, 1.82) is 0 Å². The molecule has 1 unspecified atom stereocenters. The summed E-state index contributed by atoms with van der Waals surface area (Å²) in [5.74, 6) is 0.202. The van der Waals surface area contributed by atoms with Crippen LogP contribution >= 0.6 is 0 Å².